The van der Waals surface area contributed by atoms with E-state index in [2.05, 4.69) is 22.4 Å². The number of pyridine rings is 1. The average molecular weight is 321 g/mol. The molecule has 0 aliphatic rings. The summed E-state index contributed by atoms with van der Waals surface area (Å²) in [5.74, 6) is 0.472. The van der Waals surface area contributed by atoms with E-state index in [9.17, 15) is 10.4 Å². The maximum Gasteiger partial charge on any atom is 0.136 e. The van der Waals surface area contributed by atoms with Crippen molar-refractivity contribution < 1.29 is 9.52 Å². The minimum absolute atomic E-state index is 0.210. The number of hydrogen-bond donors (Lipinski definition) is 2. The SMILES string of the molecule is Cc1cc(C)c2ncc(C#N)c(NCC(C)(O)c3ccco3)c2c1. The van der Waals surface area contributed by atoms with Gasteiger partial charge in [-0.2, -0.15) is 5.26 Å². The lowest BCUT2D eigenvalue weighted by Crippen LogP contribution is -2.30. The highest BCUT2D eigenvalue weighted by molar-refractivity contribution is 5.96. The van der Waals surface area contributed by atoms with Gasteiger partial charge in [-0.25, -0.2) is 0 Å². The van der Waals surface area contributed by atoms with Gasteiger partial charge in [-0.3, -0.25) is 4.98 Å². The van der Waals surface area contributed by atoms with Gasteiger partial charge in [-0.15, -0.1) is 0 Å². The molecular formula is C19H19N3O2. The number of aromatic nitrogens is 1. The largest absolute Gasteiger partial charge is 0.466 e. The van der Waals surface area contributed by atoms with Gasteiger partial charge in [0.2, 0.25) is 0 Å². The standard InChI is InChI=1S/C19H19N3O2/c1-12-7-13(2)17-15(8-12)18(14(9-20)10-21-17)22-11-19(3,23)16-5-4-6-24-16/h4-8,10,23H,11H2,1-3H3,(H,21,22). The Labute approximate surface area is 140 Å². The first-order valence-corrected chi connectivity index (χ1v) is 7.72. The number of nitriles is 1. The monoisotopic (exact) mass is 321 g/mol. The minimum atomic E-state index is -1.19. The molecule has 3 aromatic rings. The molecule has 1 unspecified atom stereocenters. The number of rotatable bonds is 4. The Morgan fingerprint density at radius 3 is 2.83 bits per heavy atom. The van der Waals surface area contributed by atoms with Crippen LogP contribution in [0.5, 0.6) is 0 Å². The fourth-order valence-electron chi connectivity index (χ4n) is 2.87. The molecular weight excluding hydrogens is 302 g/mol. The number of nitrogens with one attached hydrogen (secondary N) is 1. The van der Waals surface area contributed by atoms with Gasteiger partial charge in [0.1, 0.15) is 17.4 Å². The van der Waals surface area contributed by atoms with Crippen molar-refractivity contribution in [3.05, 3.63) is 59.2 Å². The normalized spacial score (nSPS) is 13.5. The quantitative estimate of drug-likeness (QED) is 0.766. The van der Waals surface area contributed by atoms with Gasteiger partial charge in [0.15, 0.2) is 0 Å². The number of aryl methyl sites for hydroxylation is 2. The highest BCUT2D eigenvalue weighted by atomic mass is 16.4. The second kappa shape index (κ2) is 5.99. The molecule has 122 valence electrons. The van der Waals surface area contributed by atoms with E-state index in [1.54, 1.807) is 25.3 Å². The number of hydrogen-bond acceptors (Lipinski definition) is 5. The Kier molecular flexibility index (Phi) is 4.00. The van der Waals surface area contributed by atoms with E-state index in [-0.39, 0.29) is 6.54 Å². The van der Waals surface area contributed by atoms with Crippen molar-refractivity contribution in [3.63, 3.8) is 0 Å². The molecule has 0 saturated carbocycles. The fraction of sp³-hybridized carbons (Fsp3) is 0.263. The van der Waals surface area contributed by atoms with Gasteiger partial charge < -0.3 is 14.8 Å². The van der Waals surface area contributed by atoms with Gasteiger partial charge in [0.25, 0.3) is 0 Å². The second-order valence-corrected chi connectivity index (χ2v) is 6.24. The van der Waals surface area contributed by atoms with E-state index in [1.165, 1.54) is 6.26 Å². The molecule has 1 aromatic carbocycles. The molecule has 0 radical (unpaired) electrons. The van der Waals surface area contributed by atoms with Crippen LogP contribution in [0.25, 0.3) is 10.9 Å². The third-order valence-corrected chi connectivity index (χ3v) is 4.09. The Morgan fingerprint density at radius 2 is 2.17 bits per heavy atom. The number of furan rings is 1. The molecule has 0 spiro atoms. The van der Waals surface area contributed by atoms with Gasteiger partial charge in [-0.05, 0) is 44.5 Å². The molecule has 1 atom stereocenters. The van der Waals surface area contributed by atoms with Gasteiger partial charge in [0.05, 0.1) is 29.6 Å². The summed E-state index contributed by atoms with van der Waals surface area (Å²) in [6.07, 6.45) is 3.09. The molecule has 2 heterocycles. The third kappa shape index (κ3) is 2.84. The Morgan fingerprint density at radius 1 is 1.38 bits per heavy atom. The van der Waals surface area contributed by atoms with E-state index in [0.29, 0.717) is 17.0 Å². The van der Waals surface area contributed by atoms with E-state index >= 15 is 0 Å². The molecule has 2 aromatic heterocycles. The van der Waals surface area contributed by atoms with E-state index in [0.717, 1.165) is 22.0 Å². The van der Waals surface area contributed by atoms with Crippen molar-refractivity contribution in [1.82, 2.24) is 4.98 Å². The predicted octanol–water partition coefficient (Wildman–Crippen LogP) is 3.64. The van der Waals surface area contributed by atoms with Crippen LogP contribution >= 0.6 is 0 Å². The molecule has 0 fully saturated rings. The zero-order valence-electron chi connectivity index (χ0n) is 13.9. The summed E-state index contributed by atoms with van der Waals surface area (Å²) in [4.78, 5) is 4.40. The molecule has 0 bridgehead atoms. The van der Waals surface area contributed by atoms with E-state index in [1.807, 2.05) is 19.9 Å². The minimum Gasteiger partial charge on any atom is -0.466 e. The average Bonchev–Trinajstić information content (AvgIpc) is 3.07. The molecule has 0 aliphatic carbocycles. The second-order valence-electron chi connectivity index (χ2n) is 6.24. The highest BCUT2D eigenvalue weighted by Gasteiger charge is 2.26. The lowest BCUT2D eigenvalue weighted by molar-refractivity contribution is 0.0477. The first-order valence-electron chi connectivity index (χ1n) is 7.72. The number of nitrogens with zero attached hydrogens (tertiary/aromatic N) is 2. The van der Waals surface area contributed by atoms with Crippen molar-refractivity contribution in [2.24, 2.45) is 0 Å². The van der Waals surface area contributed by atoms with Gasteiger partial charge in [0, 0.05) is 11.6 Å². The van der Waals surface area contributed by atoms with Crippen LogP contribution in [-0.4, -0.2) is 16.6 Å². The van der Waals surface area contributed by atoms with Crippen molar-refractivity contribution >= 4 is 16.6 Å². The van der Waals surface area contributed by atoms with Crippen LogP contribution in [0, 0.1) is 25.2 Å². The van der Waals surface area contributed by atoms with Crippen LogP contribution < -0.4 is 5.32 Å². The van der Waals surface area contributed by atoms with Crippen molar-refractivity contribution in [2.45, 2.75) is 26.4 Å². The molecule has 0 amide bonds. The van der Waals surface area contributed by atoms with Crippen LogP contribution in [0.3, 0.4) is 0 Å². The number of benzene rings is 1. The first-order chi connectivity index (χ1) is 11.4. The van der Waals surface area contributed by atoms with Crippen LogP contribution in [0.4, 0.5) is 5.69 Å². The van der Waals surface area contributed by atoms with Crippen LogP contribution in [0.15, 0.2) is 41.1 Å². The topological polar surface area (TPSA) is 82.1 Å². The van der Waals surface area contributed by atoms with Crippen LogP contribution in [0.1, 0.15) is 29.4 Å². The summed E-state index contributed by atoms with van der Waals surface area (Å²) >= 11 is 0. The molecule has 0 saturated heterocycles. The summed E-state index contributed by atoms with van der Waals surface area (Å²) in [5.41, 5.74) is 2.93. The summed E-state index contributed by atoms with van der Waals surface area (Å²) < 4.78 is 5.30. The molecule has 5 heteroatoms. The van der Waals surface area contributed by atoms with Crippen molar-refractivity contribution in [3.8, 4) is 6.07 Å². The van der Waals surface area contributed by atoms with Gasteiger partial charge >= 0.3 is 0 Å². The smallest absolute Gasteiger partial charge is 0.136 e. The number of fused-ring (bicyclic) bond motifs is 1. The molecule has 24 heavy (non-hydrogen) atoms. The summed E-state index contributed by atoms with van der Waals surface area (Å²) in [5, 5.41) is 24.1. The summed E-state index contributed by atoms with van der Waals surface area (Å²) in [6.45, 7) is 5.89. The molecule has 5 nitrogen and oxygen atoms in total. The number of anilines is 1. The zero-order chi connectivity index (χ0) is 17.3. The molecule has 0 aliphatic heterocycles. The van der Waals surface area contributed by atoms with Crippen molar-refractivity contribution in [2.75, 3.05) is 11.9 Å². The Hall–Kier alpha value is -2.84. The molecule has 3 rings (SSSR count). The van der Waals surface area contributed by atoms with Crippen LogP contribution in [0.2, 0.25) is 0 Å². The third-order valence-electron chi connectivity index (χ3n) is 4.09. The lowest BCUT2D eigenvalue weighted by atomic mass is 10.0. The van der Waals surface area contributed by atoms with E-state index < -0.39 is 5.60 Å². The van der Waals surface area contributed by atoms with Crippen LogP contribution in [-0.2, 0) is 5.60 Å². The molecule has 2 N–H and O–H groups in total. The number of aliphatic hydroxyl groups is 1. The van der Waals surface area contributed by atoms with Gasteiger partial charge in [-0.1, -0.05) is 11.6 Å². The van der Waals surface area contributed by atoms with E-state index in [4.69, 9.17) is 4.42 Å². The first kappa shape index (κ1) is 16.0. The maximum atomic E-state index is 10.6. The predicted molar refractivity (Wildman–Crippen MR) is 92.7 cm³/mol. The Balaban J connectivity index is 2.04. The zero-order valence-corrected chi connectivity index (χ0v) is 13.9. The maximum absolute atomic E-state index is 10.6. The Bertz CT molecular complexity index is 922. The highest BCUT2D eigenvalue weighted by Crippen LogP contribution is 2.30. The summed E-state index contributed by atoms with van der Waals surface area (Å²) in [6, 6.07) is 9.69. The van der Waals surface area contributed by atoms with Crippen molar-refractivity contribution in [1.29, 1.82) is 5.26 Å². The fourth-order valence-corrected chi connectivity index (χ4v) is 2.87. The lowest BCUT2D eigenvalue weighted by Gasteiger charge is -2.23. The summed E-state index contributed by atoms with van der Waals surface area (Å²) in [7, 11) is 0.